The first kappa shape index (κ1) is 13.1. The highest BCUT2D eigenvalue weighted by Crippen LogP contribution is 2.19. The summed E-state index contributed by atoms with van der Waals surface area (Å²) in [6.07, 6.45) is -2.59. The molecular weight excluding hydrogens is 243 g/mol. The van der Waals surface area contributed by atoms with Gasteiger partial charge in [-0.2, -0.15) is 13.2 Å². The van der Waals surface area contributed by atoms with Crippen LogP contribution < -0.4 is 0 Å². The fraction of sp³-hybridized carbons (Fsp3) is 0.556. The molecule has 0 aromatic heterocycles. The molecule has 0 atom stereocenters. The predicted octanol–water partition coefficient (Wildman–Crippen LogP) is 2.58. The van der Waals surface area contributed by atoms with Crippen LogP contribution in [0.1, 0.15) is 12.8 Å². The lowest BCUT2D eigenvalue weighted by atomic mass is 10.2. The molecule has 1 aliphatic rings. The zero-order chi connectivity index (χ0) is 12.2. The van der Waals surface area contributed by atoms with Crippen LogP contribution in [0.15, 0.2) is 12.2 Å². The van der Waals surface area contributed by atoms with Gasteiger partial charge in [0.1, 0.15) is 0 Å². The van der Waals surface area contributed by atoms with E-state index >= 15 is 0 Å². The normalized spacial score (nSPS) is 17.8. The van der Waals surface area contributed by atoms with Crippen molar-refractivity contribution in [2.75, 3.05) is 12.3 Å². The Hall–Kier alpha value is -0.980. The molecule has 1 saturated heterocycles. The Bertz CT molecular complexity index is 298. The molecule has 16 heavy (non-hydrogen) atoms. The lowest BCUT2D eigenvalue weighted by molar-refractivity contribution is -0.124. The van der Waals surface area contributed by atoms with E-state index in [1.54, 1.807) is 0 Å². The van der Waals surface area contributed by atoms with E-state index in [0.29, 0.717) is 6.42 Å². The summed E-state index contributed by atoms with van der Waals surface area (Å²) in [7, 11) is 0. The summed E-state index contributed by atoms with van der Waals surface area (Å²) in [5.41, 5.74) is 0. The van der Waals surface area contributed by atoms with Crippen LogP contribution in [0.5, 0.6) is 0 Å². The summed E-state index contributed by atoms with van der Waals surface area (Å²) >= 11 is 0.921. The van der Waals surface area contributed by atoms with E-state index in [2.05, 4.69) is 0 Å². The molecule has 0 saturated carbocycles. The van der Waals surface area contributed by atoms with Gasteiger partial charge in [-0.25, -0.2) is 0 Å². The maximum atomic E-state index is 11.7. The SMILES string of the molecule is O=C1CSC(=O)N1CCC/C=C/C(F)(F)F. The predicted molar refractivity (Wildman–Crippen MR) is 54.0 cm³/mol. The minimum Gasteiger partial charge on any atom is -0.273 e. The highest BCUT2D eigenvalue weighted by molar-refractivity contribution is 8.14. The zero-order valence-electron chi connectivity index (χ0n) is 8.29. The van der Waals surface area contributed by atoms with Crippen molar-refractivity contribution in [1.29, 1.82) is 0 Å². The highest BCUT2D eigenvalue weighted by atomic mass is 32.2. The molecule has 0 aromatic carbocycles. The maximum absolute atomic E-state index is 11.7. The molecule has 0 bridgehead atoms. The van der Waals surface area contributed by atoms with Crippen LogP contribution in [0.3, 0.4) is 0 Å². The first-order valence-corrected chi connectivity index (χ1v) is 5.60. The van der Waals surface area contributed by atoms with E-state index in [0.717, 1.165) is 22.7 Å². The molecule has 0 aromatic rings. The Morgan fingerprint density at radius 1 is 1.38 bits per heavy atom. The van der Waals surface area contributed by atoms with Crippen molar-refractivity contribution >= 4 is 22.9 Å². The number of hydrogen-bond donors (Lipinski definition) is 0. The quantitative estimate of drug-likeness (QED) is 0.571. The van der Waals surface area contributed by atoms with Crippen LogP contribution in [-0.2, 0) is 4.79 Å². The summed E-state index contributed by atoms with van der Waals surface area (Å²) in [6, 6.07) is 0. The lowest BCUT2D eigenvalue weighted by Crippen LogP contribution is -2.29. The topological polar surface area (TPSA) is 37.4 Å². The van der Waals surface area contributed by atoms with Crippen LogP contribution >= 0.6 is 11.8 Å². The van der Waals surface area contributed by atoms with E-state index in [4.69, 9.17) is 0 Å². The zero-order valence-corrected chi connectivity index (χ0v) is 9.11. The average Bonchev–Trinajstić information content (AvgIpc) is 2.46. The standard InChI is InChI=1S/C9H10F3NO2S/c10-9(11,12)4-2-1-3-5-13-7(14)6-16-8(13)15/h2,4H,1,3,5-6H2/b4-2+. The molecule has 1 heterocycles. The van der Waals surface area contributed by atoms with Crippen molar-refractivity contribution in [2.45, 2.75) is 19.0 Å². The van der Waals surface area contributed by atoms with E-state index in [1.807, 2.05) is 0 Å². The average molecular weight is 253 g/mol. The van der Waals surface area contributed by atoms with Gasteiger partial charge in [-0.3, -0.25) is 14.5 Å². The molecule has 3 nitrogen and oxygen atoms in total. The molecule has 1 fully saturated rings. The summed E-state index contributed by atoms with van der Waals surface area (Å²) < 4.78 is 35.1. The number of amides is 2. The minimum absolute atomic E-state index is 0.136. The second-order valence-electron chi connectivity index (χ2n) is 3.19. The molecule has 7 heteroatoms. The number of rotatable bonds is 4. The van der Waals surface area contributed by atoms with E-state index in [9.17, 15) is 22.8 Å². The van der Waals surface area contributed by atoms with Gasteiger partial charge in [-0.15, -0.1) is 0 Å². The number of hydrogen-bond acceptors (Lipinski definition) is 3. The van der Waals surface area contributed by atoms with Crippen LogP contribution in [0.4, 0.5) is 18.0 Å². The van der Waals surface area contributed by atoms with Crippen molar-refractivity contribution in [1.82, 2.24) is 4.90 Å². The fourth-order valence-corrected chi connectivity index (χ4v) is 1.93. The largest absolute Gasteiger partial charge is 0.409 e. The van der Waals surface area contributed by atoms with Gasteiger partial charge >= 0.3 is 6.18 Å². The number of allylic oxidation sites excluding steroid dienone is 2. The van der Waals surface area contributed by atoms with Gasteiger partial charge in [-0.05, 0) is 12.8 Å². The van der Waals surface area contributed by atoms with Gasteiger partial charge < -0.3 is 0 Å². The van der Waals surface area contributed by atoms with Crippen molar-refractivity contribution < 1.29 is 22.8 Å². The monoisotopic (exact) mass is 253 g/mol. The van der Waals surface area contributed by atoms with Crippen LogP contribution in [0.2, 0.25) is 0 Å². The van der Waals surface area contributed by atoms with E-state index in [-0.39, 0.29) is 35.9 Å². The molecular formula is C9H10F3NO2S. The Labute approximate surface area is 94.7 Å². The van der Waals surface area contributed by atoms with Gasteiger partial charge in [0, 0.05) is 12.6 Å². The number of nitrogens with zero attached hydrogens (tertiary/aromatic N) is 1. The highest BCUT2D eigenvalue weighted by Gasteiger charge is 2.28. The van der Waals surface area contributed by atoms with Gasteiger partial charge in [0.25, 0.3) is 5.24 Å². The fourth-order valence-electron chi connectivity index (χ4n) is 1.18. The summed E-state index contributed by atoms with van der Waals surface area (Å²) in [5.74, 6) is -0.133. The smallest absolute Gasteiger partial charge is 0.273 e. The third-order valence-corrected chi connectivity index (χ3v) is 2.76. The first-order valence-electron chi connectivity index (χ1n) is 4.62. The molecule has 0 unspecified atom stereocenters. The third-order valence-electron chi connectivity index (χ3n) is 1.90. The second-order valence-corrected chi connectivity index (χ2v) is 4.11. The number of imide groups is 1. The van der Waals surface area contributed by atoms with Gasteiger partial charge in [0.15, 0.2) is 0 Å². The van der Waals surface area contributed by atoms with Crippen LogP contribution in [0, 0.1) is 0 Å². The summed E-state index contributed by atoms with van der Waals surface area (Å²) in [6.45, 7) is 0.187. The van der Waals surface area contributed by atoms with Crippen molar-refractivity contribution in [3.8, 4) is 0 Å². The Kier molecular flexibility index (Phi) is 4.40. The lowest BCUT2D eigenvalue weighted by Gasteiger charge is -2.11. The molecule has 90 valence electrons. The Morgan fingerprint density at radius 2 is 2.06 bits per heavy atom. The number of thioether (sulfide) groups is 1. The molecule has 0 spiro atoms. The summed E-state index contributed by atoms with van der Waals surface area (Å²) in [4.78, 5) is 23.2. The first-order chi connectivity index (χ1) is 7.40. The van der Waals surface area contributed by atoms with Crippen LogP contribution in [0.25, 0.3) is 0 Å². The molecule has 2 amide bonds. The minimum atomic E-state index is -4.30. The van der Waals surface area contributed by atoms with Crippen molar-refractivity contribution in [2.24, 2.45) is 0 Å². The Morgan fingerprint density at radius 3 is 2.56 bits per heavy atom. The summed E-state index contributed by atoms with van der Waals surface area (Å²) in [5, 5.41) is -0.315. The van der Waals surface area contributed by atoms with E-state index < -0.39 is 6.18 Å². The third kappa shape index (κ3) is 4.26. The molecule has 1 aliphatic heterocycles. The van der Waals surface area contributed by atoms with E-state index in [1.165, 1.54) is 0 Å². The number of carbonyl (C=O) groups is 2. The number of unbranched alkanes of at least 4 members (excludes halogenated alkanes) is 1. The van der Waals surface area contributed by atoms with Crippen molar-refractivity contribution in [3.05, 3.63) is 12.2 Å². The molecule has 0 N–H and O–H groups in total. The maximum Gasteiger partial charge on any atom is 0.409 e. The number of halogens is 3. The molecule has 0 aliphatic carbocycles. The molecule has 1 rings (SSSR count). The molecule has 0 radical (unpaired) electrons. The van der Waals surface area contributed by atoms with Gasteiger partial charge in [0.2, 0.25) is 5.91 Å². The second kappa shape index (κ2) is 5.38. The Balaban J connectivity index is 2.23. The number of alkyl halides is 3. The van der Waals surface area contributed by atoms with Crippen molar-refractivity contribution in [3.63, 3.8) is 0 Å². The number of carbonyl (C=O) groups excluding carboxylic acids is 2. The van der Waals surface area contributed by atoms with Gasteiger partial charge in [-0.1, -0.05) is 17.8 Å². The van der Waals surface area contributed by atoms with Crippen LogP contribution in [-0.4, -0.2) is 34.5 Å². The van der Waals surface area contributed by atoms with Gasteiger partial charge in [0.05, 0.1) is 5.75 Å².